The van der Waals surface area contributed by atoms with Gasteiger partial charge >= 0.3 is 6.01 Å². The molecule has 0 fully saturated rings. The first kappa shape index (κ1) is 12.5. The number of ether oxygens (including phenoxy) is 1. The molecule has 0 spiro atoms. The number of nitrogens with zero attached hydrogens (tertiary/aromatic N) is 3. The van der Waals surface area contributed by atoms with Crippen LogP contribution in [0.3, 0.4) is 0 Å². The minimum atomic E-state index is -0.0758. The Morgan fingerprint density at radius 2 is 2.00 bits per heavy atom. The number of nitrogens with one attached hydrogen (secondary N) is 1. The lowest BCUT2D eigenvalue weighted by atomic mass is 9.99. The molecule has 16 heavy (non-hydrogen) atoms. The SMILES string of the molecule is CCCC(C)(C)Nc1nc(N)nc(OC)n1. The van der Waals surface area contributed by atoms with E-state index in [1.165, 1.54) is 7.11 Å². The van der Waals surface area contributed by atoms with E-state index in [4.69, 9.17) is 10.5 Å². The van der Waals surface area contributed by atoms with E-state index in [0.717, 1.165) is 12.8 Å². The predicted octanol–water partition coefficient (Wildman–Crippen LogP) is 1.45. The maximum Gasteiger partial charge on any atom is 0.322 e. The van der Waals surface area contributed by atoms with Gasteiger partial charge in [-0.3, -0.25) is 0 Å². The van der Waals surface area contributed by atoms with Crippen LogP contribution >= 0.6 is 0 Å². The van der Waals surface area contributed by atoms with Gasteiger partial charge < -0.3 is 15.8 Å². The molecule has 0 atom stereocenters. The molecule has 0 radical (unpaired) electrons. The molecule has 0 bridgehead atoms. The van der Waals surface area contributed by atoms with Gasteiger partial charge in [0.1, 0.15) is 0 Å². The molecule has 1 aromatic rings. The van der Waals surface area contributed by atoms with Crippen molar-refractivity contribution in [2.75, 3.05) is 18.2 Å². The summed E-state index contributed by atoms with van der Waals surface area (Å²) in [6, 6.07) is 0.224. The molecule has 0 aliphatic carbocycles. The maximum atomic E-state index is 5.55. The number of anilines is 2. The van der Waals surface area contributed by atoms with Gasteiger partial charge in [0.15, 0.2) is 0 Å². The zero-order valence-corrected chi connectivity index (χ0v) is 10.2. The Morgan fingerprint density at radius 3 is 2.56 bits per heavy atom. The van der Waals surface area contributed by atoms with Crippen LogP contribution < -0.4 is 15.8 Å². The van der Waals surface area contributed by atoms with Gasteiger partial charge in [-0.05, 0) is 20.3 Å². The summed E-state index contributed by atoms with van der Waals surface area (Å²) in [7, 11) is 1.50. The topological polar surface area (TPSA) is 86.0 Å². The minimum absolute atomic E-state index is 0.0758. The van der Waals surface area contributed by atoms with E-state index >= 15 is 0 Å². The standard InChI is InChI=1S/C10H19N5O/c1-5-6-10(2,3)15-8-12-7(11)13-9(14-8)16-4/h5-6H2,1-4H3,(H3,11,12,13,14,15). The highest BCUT2D eigenvalue weighted by Crippen LogP contribution is 2.18. The fraction of sp³-hybridized carbons (Fsp3) is 0.700. The fourth-order valence-corrected chi connectivity index (χ4v) is 1.51. The van der Waals surface area contributed by atoms with Gasteiger partial charge in [-0.2, -0.15) is 15.0 Å². The van der Waals surface area contributed by atoms with Gasteiger partial charge in [-0.1, -0.05) is 13.3 Å². The highest BCUT2D eigenvalue weighted by atomic mass is 16.5. The van der Waals surface area contributed by atoms with Crippen LogP contribution in [0.1, 0.15) is 33.6 Å². The summed E-state index contributed by atoms with van der Waals surface area (Å²) in [5, 5.41) is 3.21. The van der Waals surface area contributed by atoms with Crippen molar-refractivity contribution >= 4 is 11.9 Å². The molecule has 0 saturated heterocycles. The number of rotatable bonds is 5. The summed E-state index contributed by atoms with van der Waals surface area (Å²) in [4.78, 5) is 11.9. The Bertz CT molecular complexity index is 353. The molecule has 1 heterocycles. The average molecular weight is 225 g/mol. The Hall–Kier alpha value is -1.59. The average Bonchev–Trinajstić information content (AvgIpc) is 2.15. The van der Waals surface area contributed by atoms with Gasteiger partial charge in [0.25, 0.3) is 0 Å². The number of hydrogen-bond acceptors (Lipinski definition) is 6. The fourth-order valence-electron chi connectivity index (χ4n) is 1.51. The molecule has 6 heteroatoms. The zero-order valence-electron chi connectivity index (χ0n) is 10.2. The third-order valence-electron chi connectivity index (χ3n) is 2.14. The van der Waals surface area contributed by atoms with Crippen LogP contribution in [-0.2, 0) is 0 Å². The van der Waals surface area contributed by atoms with Gasteiger partial charge in [-0.25, -0.2) is 0 Å². The number of methoxy groups -OCH3 is 1. The van der Waals surface area contributed by atoms with E-state index in [0.29, 0.717) is 5.95 Å². The molecule has 1 aromatic heterocycles. The smallest absolute Gasteiger partial charge is 0.322 e. The maximum absolute atomic E-state index is 5.55. The summed E-state index contributed by atoms with van der Waals surface area (Å²) >= 11 is 0. The zero-order chi connectivity index (χ0) is 12.2. The van der Waals surface area contributed by atoms with Crippen LogP contribution in [0.5, 0.6) is 6.01 Å². The third kappa shape index (κ3) is 3.52. The highest BCUT2D eigenvalue weighted by molar-refractivity contribution is 5.34. The second-order valence-electron chi connectivity index (χ2n) is 4.26. The number of nitrogens with two attached hydrogens (primary N) is 1. The number of nitrogen functional groups attached to an aromatic ring is 1. The van der Waals surface area contributed by atoms with Gasteiger partial charge in [0.05, 0.1) is 7.11 Å². The molecular formula is C10H19N5O. The third-order valence-corrected chi connectivity index (χ3v) is 2.14. The summed E-state index contributed by atoms with van der Waals surface area (Å²) in [6.07, 6.45) is 2.10. The van der Waals surface area contributed by atoms with E-state index in [2.05, 4.69) is 41.0 Å². The van der Waals surface area contributed by atoms with Crippen molar-refractivity contribution in [3.63, 3.8) is 0 Å². The van der Waals surface area contributed by atoms with Crippen LogP contribution in [0.4, 0.5) is 11.9 Å². The first-order valence-electron chi connectivity index (χ1n) is 5.30. The van der Waals surface area contributed by atoms with Crippen molar-refractivity contribution in [1.29, 1.82) is 0 Å². The molecule has 0 amide bonds. The van der Waals surface area contributed by atoms with Crippen LogP contribution in [0.15, 0.2) is 0 Å². The van der Waals surface area contributed by atoms with Gasteiger partial charge in [0.2, 0.25) is 11.9 Å². The van der Waals surface area contributed by atoms with E-state index in [1.807, 2.05) is 0 Å². The van der Waals surface area contributed by atoms with Crippen molar-refractivity contribution in [1.82, 2.24) is 15.0 Å². The number of hydrogen-bond donors (Lipinski definition) is 2. The Kier molecular flexibility index (Phi) is 3.87. The Balaban J connectivity index is 2.84. The monoisotopic (exact) mass is 225 g/mol. The van der Waals surface area contributed by atoms with E-state index in [9.17, 15) is 0 Å². The van der Waals surface area contributed by atoms with E-state index < -0.39 is 0 Å². The molecule has 0 unspecified atom stereocenters. The Morgan fingerprint density at radius 1 is 1.31 bits per heavy atom. The van der Waals surface area contributed by atoms with Crippen molar-refractivity contribution in [2.45, 2.75) is 39.2 Å². The molecule has 1 rings (SSSR count). The lowest BCUT2D eigenvalue weighted by Gasteiger charge is -2.25. The van der Waals surface area contributed by atoms with Crippen LogP contribution in [0, 0.1) is 0 Å². The van der Waals surface area contributed by atoms with Gasteiger partial charge in [-0.15, -0.1) is 0 Å². The second kappa shape index (κ2) is 4.96. The molecule has 0 aromatic carbocycles. The van der Waals surface area contributed by atoms with Crippen molar-refractivity contribution < 1.29 is 4.74 Å². The van der Waals surface area contributed by atoms with Crippen LogP contribution in [0.25, 0.3) is 0 Å². The second-order valence-corrected chi connectivity index (χ2v) is 4.26. The highest BCUT2D eigenvalue weighted by Gasteiger charge is 2.18. The largest absolute Gasteiger partial charge is 0.467 e. The Labute approximate surface area is 95.6 Å². The molecule has 90 valence electrons. The summed E-state index contributed by atoms with van der Waals surface area (Å²) in [6.45, 7) is 6.30. The van der Waals surface area contributed by atoms with Crippen LogP contribution in [0.2, 0.25) is 0 Å². The lowest BCUT2D eigenvalue weighted by molar-refractivity contribution is 0.379. The normalized spacial score (nSPS) is 11.2. The molecule has 6 nitrogen and oxygen atoms in total. The first-order chi connectivity index (χ1) is 7.46. The molecule has 0 aliphatic rings. The van der Waals surface area contributed by atoms with Crippen molar-refractivity contribution in [3.8, 4) is 6.01 Å². The van der Waals surface area contributed by atoms with E-state index in [1.54, 1.807) is 0 Å². The molecule has 0 saturated carbocycles. The molecule has 0 aliphatic heterocycles. The predicted molar refractivity (Wildman–Crippen MR) is 63.4 cm³/mol. The molecular weight excluding hydrogens is 206 g/mol. The number of aromatic nitrogens is 3. The van der Waals surface area contributed by atoms with Crippen molar-refractivity contribution in [3.05, 3.63) is 0 Å². The van der Waals surface area contributed by atoms with Crippen LogP contribution in [-0.4, -0.2) is 27.6 Å². The quantitative estimate of drug-likeness (QED) is 0.788. The first-order valence-corrected chi connectivity index (χ1v) is 5.30. The van der Waals surface area contributed by atoms with Gasteiger partial charge in [0, 0.05) is 5.54 Å². The summed E-state index contributed by atoms with van der Waals surface area (Å²) in [5.41, 5.74) is 5.47. The van der Waals surface area contributed by atoms with E-state index in [-0.39, 0.29) is 17.5 Å². The minimum Gasteiger partial charge on any atom is -0.467 e. The van der Waals surface area contributed by atoms with Crippen molar-refractivity contribution in [2.24, 2.45) is 0 Å². The summed E-state index contributed by atoms with van der Waals surface area (Å²) < 4.78 is 4.93. The lowest BCUT2D eigenvalue weighted by Crippen LogP contribution is -2.31. The molecule has 3 N–H and O–H groups in total. The summed E-state index contributed by atoms with van der Waals surface area (Å²) in [5.74, 6) is 0.601.